The molecule has 5 heteroatoms. The minimum atomic E-state index is -0.538. The molecule has 0 aromatic carbocycles. The van der Waals surface area contributed by atoms with E-state index in [1.54, 1.807) is 14.0 Å². The van der Waals surface area contributed by atoms with Gasteiger partial charge in [0.15, 0.2) is 0 Å². The number of unbranched alkanes of at least 4 members (excludes halogenated alkanes) is 1. The molecule has 0 radical (unpaired) electrons. The lowest BCUT2D eigenvalue weighted by Gasteiger charge is -2.21. The fourth-order valence-electron chi connectivity index (χ4n) is 2.28. The first-order valence-electron chi connectivity index (χ1n) is 9.16. The van der Waals surface area contributed by atoms with Gasteiger partial charge in [0.2, 0.25) is 0 Å². The van der Waals surface area contributed by atoms with Crippen LogP contribution in [0.4, 0.5) is 0 Å². The van der Waals surface area contributed by atoms with Crippen molar-refractivity contribution in [3.8, 4) is 0 Å². The predicted molar refractivity (Wildman–Crippen MR) is 100 cm³/mol. The van der Waals surface area contributed by atoms with Gasteiger partial charge >= 0.3 is 5.97 Å². The van der Waals surface area contributed by atoms with E-state index in [2.05, 4.69) is 27.0 Å². The van der Waals surface area contributed by atoms with E-state index in [4.69, 9.17) is 18.9 Å². The Kier molecular flexibility index (Phi) is 14.2. The first-order valence-corrected chi connectivity index (χ1v) is 9.16. The van der Waals surface area contributed by atoms with Gasteiger partial charge in [-0.15, -0.1) is 6.58 Å². The van der Waals surface area contributed by atoms with Gasteiger partial charge in [0.05, 0.1) is 19.0 Å². The highest BCUT2D eigenvalue weighted by molar-refractivity contribution is 5.74. The maximum Gasteiger partial charge on any atom is 0.316 e. The molecule has 0 aromatic heterocycles. The Morgan fingerprint density at radius 3 is 2.40 bits per heavy atom. The molecule has 5 nitrogen and oxygen atoms in total. The predicted octanol–water partition coefficient (Wildman–Crippen LogP) is 4.13. The van der Waals surface area contributed by atoms with E-state index in [9.17, 15) is 4.79 Å². The van der Waals surface area contributed by atoms with Crippen molar-refractivity contribution >= 4 is 5.97 Å². The second-order valence-electron chi connectivity index (χ2n) is 6.32. The van der Waals surface area contributed by atoms with Crippen LogP contribution in [0.5, 0.6) is 0 Å². The third kappa shape index (κ3) is 11.8. The van der Waals surface area contributed by atoms with Gasteiger partial charge in [-0.05, 0) is 19.3 Å². The Morgan fingerprint density at radius 2 is 1.88 bits per heavy atom. The van der Waals surface area contributed by atoms with Gasteiger partial charge in [0, 0.05) is 13.7 Å². The smallest absolute Gasteiger partial charge is 0.316 e. The summed E-state index contributed by atoms with van der Waals surface area (Å²) in [6, 6.07) is 0. The van der Waals surface area contributed by atoms with E-state index in [-0.39, 0.29) is 12.6 Å². The summed E-state index contributed by atoms with van der Waals surface area (Å²) in [5, 5.41) is 0. The second kappa shape index (κ2) is 15.0. The molecule has 0 amide bonds. The number of hydrogen-bond donors (Lipinski definition) is 0. The second-order valence-corrected chi connectivity index (χ2v) is 6.32. The minimum Gasteiger partial charge on any atom is -0.498 e. The van der Waals surface area contributed by atoms with Crippen LogP contribution in [0, 0.1) is 11.8 Å². The van der Waals surface area contributed by atoms with Gasteiger partial charge in [0.25, 0.3) is 0 Å². The molecule has 0 fully saturated rings. The monoisotopic (exact) mass is 356 g/mol. The quantitative estimate of drug-likeness (QED) is 0.236. The average molecular weight is 357 g/mol. The minimum absolute atomic E-state index is 0.174. The van der Waals surface area contributed by atoms with Crippen LogP contribution in [0.3, 0.4) is 0 Å². The number of allylic oxidation sites excluding steroid dienone is 1. The lowest BCUT2D eigenvalue weighted by Crippen LogP contribution is -2.32. The zero-order chi connectivity index (χ0) is 19.1. The number of hydrogen-bond acceptors (Lipinski definition) is 5. The summed E-state index contributed by atoms with van der Waals surface area (Å²) in [5.41, 5.74) is 0. The Bertz CT molecular complexity index is 380. The van der Waals surface area contributed by atoms with Gasteiger partial charge in [-0.3, -0.25) is 4.79 Å². The third-order valence-electron chi connectivity index (χ3n) is 3.93. The summed E-state index contributed by atoms with van der Waals surface area (Å²) in [6.07, 6.45) is 5.74. The Hall–Kier alpha value is -1.33. The van der Waals surface area contributed by atoms with Crippen LogP contribution in [0.25, 0.3) is 0 Å². The summed E-state index contributed by atoms with van der Waals surface area (Å²) in [5.74, 6) is 0.168. The van der Waals surface area contributed by atoms with E-state index < -0.39 is 12.0 Å². The van der Waals surface area contributed by atoms with Gasteiger partial charge in [0.1, 0.15) is 18.6 Å². The van der Waals surface area contributed by atoms with Gasteiger partial charge in [-0.1, -0.05) is 45.8 Å². The van der Waals surface area contributed by atoms with Crippen molar-refractivity contribution in [2.45, 2.75) is 52.6 Å². The standard InChI is InChI=1S/C20H36O5/c1-7-10-11-17(8-2)12-23-15-19(14-22-6)25-20(21)18(9-3)13-24-16(4)5/h9,17-19H,3-4,7-8,10-15H2,1-2,5-6H3. The molecule has 25 heavy (non-hydrogen) atoms. The van der Waals surface area contributed by atoms with Gasteiger partial charge in [-0.25, -0.2) is 0 Å². The summed E-state index contributed by atoms with van der Waals surface area (Å²) in [7, 11) is 1.58. The molecule has 0 spiro atoms. The molecule has 3 unspecified atom stereocenters. The molecule has 0 rings (SSSR count). The fourth-order valence-corrected chi connectivity index (χ4v) is 2.28. The first-order chi connectivity index (χ1) is 12.0. The third-order valence-corrected chi connectivity index (χ3v) is 3.93. The molecule has 3 atom stereocenters. The van der Waals surface area contributed by atoms with Crippen molar-refractivity contribution in [1.29, 1.82) is 0 Å². The molecule has 0 heterocycles. The summed E-state index contributed by atoms with van der Waals surface area (Å²) >= 11 is 0. The van der Waals surface area contributed by atoms with E-state index in [0.717, 1.165) is 6.42 Å². The zero-order valence-electron chi connectivity index (χ0n) is 16.4. The number of carbonyl (C=O) groups is 1. The fraction of sp³-hybridized carbons (Fsp3) is 0.750. The van der Waals surface area contributed by atoms with Crippen LogP contribution in [-0.4, -0.2) is 45.6 Å². The lowest BCUT2D eigenvalue weighted by atomic mass is 10.0. The summed E-state index contributed by atoms with van der Waals surface area (Å²) < 4.78 is 21.7. The first kappa shape index (κ1) is 23.7. The lowest BCUT2D eigenvalue weighted by molar-refractivity contribution is -0.160. The van der Waals surface area contributed by atoms with E-state index in [1.165, 1.54) is 25.3 Å². The van der Waals surface area contributed by atoms with Crippen LogP contribution in [0.1, 0.15) is 46.5 Å². The Balaban J connectivity index is 4.39. The van der Waals surface area contributed by atoms with Crippen LogP contribution in [0.15, 0.2) is 25.0 Å². The molecule has 0 aliphatic rings. The number of rotatable bonds is 16. The molecule has 0 aliphatic heterocycles. The highest BCUT2D eigenvalue weighted by Gasteiger charge is 2.22. The van der Waals surface area contributed by atoms with Crippen molar-refractivity contribution in [3.05, 3.63) is 25.0 Å². The number of carbonyl (C=O) groups excluding carboxylic acids is 1. The summed E-state index contributed by atoms with van der Waals surface area (Å²) in [6.45, 7) is 14.9. The van der Waals surface area contributed by atoms with Crippen molar-refractivity contribution < 1.29 is 23.7 Å². The Morgan fingerprint density at radius 1 is 1.16 bits per heavy atom. The van der Waals surface area contributed by atoms with Crippen molar-refractivity contribution in [1.82, 2.24) is 0 Å². The van der Waals surface area contributed by atoms with Crippen molar-refractivity contribution in [3.63, 3.8) is 0 Å². The highest BCUT2D eigenvalue weighted by atomic mass is 16.6. The topological polar surface area (TPSA) is 54.0 Å². The number of esters is 1. The number of methoxy groups -OCH3 is 1. The van der Waals surface area contributed by atoms with Crippen molar-refractivity contribution in [2.75, 3.05) is 33.5 Å². The van der Waals surface area contributed by atoms with E-state index in [0.29, 0.717) is 31.5 Å². The van der Waals surface area contributed by atoms with Crippen LogP contribution in [0.2, 0.25) is 0 Å². The number of ether oxygens (including phenoxy) is 4. The molecular formula is C20H36O5. The van der Waals surface area contributed by atoms with Crippen LogP contribution in [-0.2, 0) is 23.7 Å². The van der Waals surface area contributed by atoms with Gasteiger partial charge in [-0.2, -0.15) is 0 Å². The normalized spacial score (nSPS) is 14.4. The molecule has 0 aliphatic carbocycles. The van der Waals surface area contributed by atoms with E-state index in [1.807, 2.05) is 0 Å². The molecule has 0 saturated heterocycles. The molecule has 0 N–H and O–H groups in total. The Labute approximate surface area is 153 Å². The van der Waals surface area contributed by atoms with Crippen LogP contribution < -0.4 is 0 Å². The van der Waals surface area contributed by atoms with Crippen molar-refractivity contribution in [2.24, 2.45) is 11.8 Å². The zero-order valence-corrected chi connectivity index (χ0v) is 16.4. The average Bonchev–Trinajstić information content (AvgIpc) is 2.58. The highest BCUT2D eigenvalue weighted by Crippen LogP contribution is 2.14. The largest absolute Gasteiger partial charge is 0.498 e. The molecule has 0 aromatic rings. The molecule has 146 valence electrons. The maximum atomic E-state index is 12.3. The van der Waals surface area contributed by atoms with E-state index >= 15 is 0 Å². The van der Waals surface area contributed by atoms with Crippen LogP contribution >= 0.6 is 0 Å². The molecule has 0 bridgehead atoms. The van der Waals surface area contributed by atoms with Gasteiger partial charge < -0.3 is 18.9 Å². The molecular weight excluding hydrogens is 320 g/mol. The SMILES string of the molecule is C=CC(COC(=C)C)C(=O)OC(COC)COCC(CC)CCCC. The maximum absolute atomic E-state index is 12.3. The summed E-state index contributed by atoms with van der Waals surface area (Å²) in [4.78, 5) is 12.3. The molecule has 0 saturated carbocycles.